The van der Waals surface area contributed by atoms with Crippen LogP contribution in [0, 0.1) is 0 Å². The van der Waals surface area contributed by atoms with Gasteiger partial charge in [-0.1, -0.05) is 30.3 Å². The summed E-state index contributed by atoms with van der Waals surface area (Å²) in [4.78, 5) is 27.3. The number of rotatable bonds is 6. The molecule has 0 saturated heterocycles. The van der Waals surface area contributed by atoms with Crippen molar-refractivity contribution in [2.75, 3.05) is 6.54 Å². The minimum Gasteiger partial charge on any atom is -0.445 e. The quantitative estimate of drug-likeness (QED) is 0.674. The number of oxazole rings is 1. The second kappa shape index (κ2) is 8.12. The summed E-state index contributed by atoms with van der Waals surface area (Å²) in [7, 11) is 0. The first kappa shape index (κ1) is 17.4. The van der Waals surface area contributed by atoms with Crippen molar-refractivity contribution in [1.82, 2.24) is 19.9 Å². The van der Waals surface area contributed by atoms with E-state index in [2.05, 4.69) is 27.1 Å². The van der Waals surface area contributed by atoms with E-state index in [0.29, 0.717) is 25.9 Å². The molecule has 1 aliphatic heterocycles. The molecule has 4 rings (SSSR count). The molecule has 1 amide bonds. The van der Waals surface area contributed by atoms with Crippen molar-refractivity contribution < 1.29 is 9.21 Å². The van der Waals surface area contributed by atoms with Crippen LogP contribution in [0.1, 0.15) is 35.0 Å². The molecule has 0 aliphatic carbocycles. The maximum Gasteiger partial charge on any atom is 0.223 e. The molecule has 6 heteroatoms. The van der Waals surface area contributed by atoms with E-state index < -0.39 is 0 Å². The molecule has 0 saturated carbocycles. The van der Waals surface area contributed by atoms with Gasteiger partial charge in [-0.15, -0.1) is 0 Å². The largest absolute Gasteiger partial charge is 0.445 e. The summed E-state index contributed by atoms with van der Waals surface area (Å²) < 4.78 is 5.92. The predicted octanol–water partition coefficient (Wildman–Crippen LogP) is 2.77. The summed E-state index contributed by atoms with van der Waals surface area (Å²) in [5.41, 5.74) is 3.01. The zero-order valence-electron chi connectivity index (χ0n) is 15.2. The number of aryl methyl sites for hydroxylation is 3. The number of aromatic nitrogens is 3. The molecule has 138 valence electrons. The van der Waals surface area contributed by atoms with Crippen LogP contribution in [0.5, 0.6) is 0 Å². The third-order valence-corrected chi connectivity index (χ3v) is 4.81. The van der Waals surface area contributed by atoms with Gasteiger partial charge < -0.3 is 9.32 Å². The van der Waals surface area contributed by atoms with E-state index >= 15 is 0 Å². The Morgan fingerprint density at radius 3 is 2.81 bits per heavy atom. The van der Waals surface area contributed by atoms with Gasteiger partial charge in [0, 0.05) is 44.4 Å². The molecular formula is C21H22N4O2. The summed E-state index contributed by atoms with van der Waals surface area (Å²) in [5.74, 6) is 1.81. The fraction of sp³-hybridized carbons (Fsp3) is 0.333. The molecule has 2 aromatic heterocycles. The summed E-state index contributed by atoms with van der Waals surface area (Å²) in [5, 5.41) is 0. The Kier molecular flexibility index (Phi) is 5.23. The minimum atomic E-state index is 0.125. The molecule has 0 atom stereocenters. The number of fused-ring (bicyclic) bond motifs is 1. The number of benzene rings is 1. The molecule has 6 nitrogen and oxygen atoms in total. The Morgan fingerprint density at radius 2 is 2.00 bits per heavy atom. The number of hydrogen-bond donors (Lipinski definition) is 0. The predicted molar refractivity (Wildman–Crippen MR) is 99.8 cm³/mol. The highest BCUT2D eigenvalue weighted by Crippen LogP contribution is 2.21. The highest BCUT2D eigenvalue weighted by molar-refractivity contribution is 5.76. The third-order valence-electron chi connectivity index (χ3n) is 4.81. The van der Waals surface area contributed by atoms with Crippen LogP contribution in [0.3, 0.4) is 0 Å². The van der Waals surface area contributed by atoms with E-state index in [1.807, 2.05) is 23.1 Å². The lowest BCUT2D eigenvalue weighted by atomic mass is 10.1. The monoisotopic (exact) mass is 362 g/mol. The zero-order chi connectivity index (χ0) is 18.5. The van der Waals surface area contributed by atoms with Crippen molar-refractivity contribution in [2.24, 2.45) is 0 Å². The lowest BCUT2D eigenvalue weighted by molar-refractivity contribution is -0.132. The van der Waals surface area contributed by atoms with Gasteiger partial charge in [0.05, 0.1) is 12.2 Å². The van der Waals surface area contributed by atoms with Crippen LogP contribution in [-0.2, 0) is 37.0 Å². The van der Waals surface area contributed by atoms with Crippen LogP contribution in [0.25, 0.3) is 0 Å². The normalized spacial score (nSPS) is 13.4. The average Bonchev–Trinajstić information content (AvgIpc) is 3.14. The molecule has 3 aromatic rings. The highest BCUT2D eigenvalue weighted by Gasteiger charge is 2.25. The van der Waals surface area contributed by atoms with Gasteiger partial charge in [0.25, 0.3) is 0 Å². The van der Waals surface area contributed by atoms with Crippen LogP contribution in [0.4, 0.5) is 0 Å². The van der Waals surface area contributed by atoms with Crippen LogP contribution in [-0.4, -0.2) is 32.3 Å². The molecule has 0 radical (unpaired) electrons. The Hall–Kier alpha value is -3.02. The van der Waals surface area contributed by atoms with Gasteiger partial charge >= 0.3 is 0 Å². The Balaban J connectivity index is 1.32. The van der Waals surface area contributed by atoms with Crippen molar-refractivity contribution in [3.63, 3.8) is 0 Å². The lowest BCUT2D eigenvalue weighted by Gasteiger charge is -2.25. The molecule has 0 fully saturated rings. The van der Waals surface area contributed by atoms with Gasteiger partial charge in [0.2, 0.25) is 5.91 Å². The number of hydrogen-bond acceptors (Lipinski definition) is 5. The standard InChI is InChI=1S/C21H22N4O2/c26-21(9-7-17-14-22-11-12-23-17)25-13-10-19-18(15-25)24-20(27-19)8-6-16-4-2-1-3-5-16/h1-5,11-12,14H,6-10,13,15H2. The fourth-order valence-corrected chi connectivity index (χ4v) is 3.32. The van der Waals surface area contributed by atoms with Crippen molar-refractivity contribution in [3.05, 3.63) is 77.5 Å². The molecule has 3 heterocycles. The van der Waals surface area contributed by atoms with Crippen LogP contribution in [0.15, 0.2) is 53.3 Å². The summed E-state index contributed by atoms with van der Waals surface area (Å²) in [6.07, 6.45) is 8.45. The summed E-state index contributed by atoms with van der Waals surface area (Å²) >= 11 is 0. The number of nitrogens with zero attached hydrogens (tertiary/aromatic N) is 4. The van der Waals surface area contributed by atoms with Crippen molar-refractivity contribution in [1.29, 1.82) is 0 Å². The molecule has 0 N–H and O–H groups in total. The van der Waals surface area contributed by atoms with E-state index in [0.717, 1.165) is 42.3 Å². The number of amides is 1. The SMILES string of the molecule is O=C(CCc1cnccn1)N1CCc2oc(CCc3ccccc3)nc2C1. The Morgan fingerprint density at radius 1 is 1.11 bits per heavy atom. The van der Waals surface area contributed by atoms with E-state index in [4.69, 9.17) is 4.42 Å². The van der Waals surface area contributed by atoms with Gasteiger partial charge in [-0.2, -0.15) is 0 Å². The summed E-state index contributed by atoms with van der Waals surface area (Å²) in [6.45, 7) is 1.21. The van der Waals surface area contributed by atoms with Gasteiger partial charge in [0.1, 0.15) is 11.5 Å². The lowest BCUT2D eigenvalue weighted by Crippen LogP contribution is -2.36. The first-order chi connectivity index (χ1) is 13.3. The second-order valence-electron chi connectivity index (χ2n) is 6.73. The molecule has 0 unspecified atom stereocenters. The minimum absolute atomic E-state index is 0.125. The van der Waals surface area contributed by atoms with E-state index in [-0.39, 0.29) is 5.91 Å². The molecule has 27 heavy (non-hydrogen) atoms. The fourth-order valence-electron chi connectivity index (χ4n) is 3.32. The maximum absolute atomic E-state index is 12.5. The molecule has 0 spiro atoms. The number of carbonyl (C=O) groups excluding carboxylic acids is 1. The van der Waals surface area contributed by atoms with Gasteiger partial charge in [-0.05, 0) is 18.4 Å². The molecule has 1 aromatic carbocycles. The smallest absolute Gasteiger partial charge is 0.223 e. The van der Waals surface area contributed by atoms with Crippen LogP contribution < -0.4 is 0 Å². The van der Waals surface area contributed by atoms with Crippen LogP contribution >= 0.6 is 0 Å². The molecule has 1 aliphatic rings. The van der Waals surface area contributed by atoms with Gasteiger partial charge in [-0.3, -0.25) is 14.8 Å². The number of carbonyl (C=O) groups is 1. The third kappa shape index (κ3) is 4.39. The van der Waals surface area contributed by atoms with Crippen molar-refractivity contribution in [2.45, 2.75) is 38.6 Å². The second-order valence-corrected chi connectivity index (χ2v) is 6.73. The zero-order valence-corrected chi connectivity index (χ0v) is 15.2. The molecule has 0 bridgehead atoms. The first-order valence-corrected chi connectivity index (χ1v) is 9.32. The van der Waals surface area contributed by atoms with Crippen LogP contribution in [0.2, 0.25) is 0 Å². The van der Waals surface area contributed by atoms with Crippen molar-refractivity contribution in [3.8, 4) is 0 Å². The molecular weight excluding hydrogens is 340 g/mol. The van der Waals surface area contributed by atoms with Crippen molar-refractivity contribution >= 4 is 5.91 Å². The van der Waals surface area contributed by atoms with E-state index in [1.165, 1.54) is 5.56 Å². The topological polar surface area (TPSA) is 72.1 Å². The first-order valence-electron chi connectivity index (χ1n) is 9.32. The highest BCUT2D eigenvalue weighted by atomic mass is 16.4. The van der Waals surface area contributed by atoms with Gasteiger partial charge in [0.15, 0.2) is 5.89 Å². The Labute approximate surface area is 158 Å². The maximum atomic E-state index is 12.5. The average molecular weight is 362 g/mol. The van der Waals surface area contributed by atoms with Gasteiger partial charge in [-0.25, -0.2) is 4.98 Å². The summed E-state index contributed by atoms with van der Waals surface area (Å²) in [6, 6.07) is 10.3. The van der Waals surface area contributed by atoms with E-state index in [9.17, 15) is 4.79 Å². The Bertz CT molecular complexity index is 893. The van der Waals surface area contributed by atoms with E-state index in [1.54, 1.807) is 18.6 Å².